The summed E-state index contributed by atoms with van der Waals surface area (Å²) >= 11 is 0. The van der Waals surface area contributed by atoms with E-state index in [-0.39, 0.29) is 0 Å². The van der Waals surface area contributed by atoms with E-state index in [1.165, 1.54) is 6.26 Å². The molecule has 0 aliphatic carbocycles. The van der Waals surface area contributed by atoms with Gasteiger partial charge in [0.1, 0.15) is 0 Å². The molecule has 1 aromatic heterocycles. The van der Waals surface area contributed by atoms with Crippen LogP contribution in [0.3, 0.4) is 0 Å². The highest BCUT2D eigenvalue weighted by molar-refractivity contribution is 7.92. The molecule has 0 fully saturated rings. The summed E-state index contributed by atoms with van der Waals surface area (Å²) in [6.07, 6.45) is 6.48. The summed E-state index contributed by atoms with van der Waals surface area (Å²) in [5.74, 6) is 0.654. The highest BCUT2D eigenvalue weighted by Gasteiger charge is 2.30. The van der Waals surface area contributed by atoms with Crippen LogP contribution in [-0.4, -0.2) is 35.5 Å². The van der Waals surface area contributed by atoms with Crippen molar-refractivity contribution in [3.05, 3.63) is 25.0 Å². The van der Waals surface area contributed by atoms with Gasteiger partial charge in [-0.05, 0) is 13.8 Å². The topological polar surface area (TPSA) is 64.0 Å². The minimum absolute atomic E-state index is 0.319. The zero-order valence-electron chi connectivity index (χ0n) is 10.5. The van der Waals surface area contributed by atoms with Crippen LogP contribution in [0.1, 0.15) is 13.8 Å². The molecule has 1 aromatic rings. The third-order valence-electron chi connectivity index (χ3n) is 2.72. The zero-order valence-corrected chi connectivity index (χ0v) is 11.3. The molecule has 0 bridgehead atoms. The van der Waals surface area contributed by atoms with Crippen molar-refractivity contribution in [3.8, 4) is 0 Å². The van der Waals surface area contributed by atoms with Crippen LogP contribution in [0, 0.1) is 0 Å². The molecule has 6 heteroatoms. The Morgan fingerprint density at radius 3 is 2.76 bits per heavy atom. The first-order chi connectivity index (χ1) is 7.78. The van der Waals surface area contributed by atoms with Crippen molar-refractivity contribution in [2.24, 2.45) is 0 Å². The van der Waals surface area contributed by atoms with E-state index in [2.05, 4.69) is 16.9 Å². The van der Waals surface area contributed by atoms with E-state index >= 15 is 0 Å². The SMILES string of the molecule is C=CCn1ccnc1NCC(C)(C)S(C)(=O)=O. The van der Waals surface area contributed by atoms with Gasteiger partial charge < -0.3 is 9.88 Å². The van der Waals surface area contributed by atoms with Crippen LogP contribution in [0.2, 0.25) is 0 Å². The monoisotopic (exact) mass is 257 g/mol. The van der Waals surface area contributed by atoms with Crippen molar-refractivity contribution in [2.45, 2.75) is 25.1 Å². The van der Waals surface area contributed by atoms with Crippen LogP contribution >= 0.6 is 0 Å². The fourth-order valence-corrected chi connectivity index (χ4v) is 1.52. The molecule has 96 valence electrons. The summed E-state index contributed by atoms with van der Waals surface area (Å²) in [6, 6.07) is 0. The van der Waals surface area contributed by atoms with Gasteiger partial charge in [-0.1, -0.05) is 6.08 Å². The second-order valence-corrected chi connectivity index (χ2v) is 7.23. The molecule has 0 amide bonds. The maximum Gasteiger partial charge on any atom is 0.203 e. The van der Waals surface area contributed by atoms with Crippen LogP contribution in [0.25, 0.3) is 0 Å². The lowest BCUT2D eigenvalue weighted by atomic mass is 10.2. The molecule has 1 N–H and O–H groups in total. The quantitative estimate of drug-likeness (QED) is 0.780. The van der Waals surface area contributed by atoms with Gasteiger partial charge in [0.25, 0.3) is 0 Å². The number of nitrogens with zero attached hydrogens (tertiary/aromatic N) is 2. The number of rotatable bonds is 6. The summed E-state index contributed by atoms with van der Waals surface area (Å²) in [7, 11) is -3.10. The van der Waals surface area contributed by atoms with E-state index < -0.39 is 14.6 Å². The molecule has 1 heterocycles. The maximum absolute atomic E-state index is 11.5. The Morgan fingerprint density at radius 2 is 2.24 bits per heavy atom. The van der Waals surface area contributed by atoms with E-state index in [9.17, 15) is 8.42 Å². The Labute approximate surface area is 102 Å². The minimum atomic E-state index is -3.10. The highest BCUT2D eigenvalue weighted by atomic mass is 32.2. The van der Waals surface area contributed by atoms with Crippen LogP contribution < -0.4 is 5.32 Å². The lowest BCUT2D eigenvalue weighted by Gasteiger charge is -2.23. The van der Waals surface area contributed by atoms with Gasteiger partial charge in [-0.25, -0.2) is 13.4 Å². The van der Waals surface area contributed by atoms with Crippen molar-refractivity contribution in [1.29, 1.82) is 0 Å². The molecule has 0 aliphatic rings. The largest absolute Gasteiger partial charge is 0.354 e. The van der Waals surface area contributed by atoms with Crippen molar-refractivity contribution in [1.82, 2.24) is 9.55 Å². The fraction of sp³-hybridized carbons (Fsp3) is 0.545. The molecule has 0 radical (unpaired) electrons. The third-order valence-corrected chi connectivity index (χ3v) is 4.87. The van der Waals surface area contributed by atoms with Crippen molar-refractivity contribution in [3.63, 3.8) is 0 Å². The van der Waals surface area contributed by atoms with E-state index in [1.807, 2.05) is 10.8 Å². The Bertz CT molecular complexity index is 489. The molecule has 0 spiro atoms. The van der Waals surface area contributed by atoms with Crippen molar-refractivity contribution in [2.75, 3.05) is 18.1 Å². The lowest BCUT2D eigenvalue weighted by Crippen LogP contribution is -2.38. The van der Waals surface area contributed by atoms with Crippen molar-refractivity contribution >= 4 is 15.8 Å². The van der Waals surface area contributed by atoms with Gasteiger partial charge in [0.05, 0.1) is 4.75 Å². The molecule has 0 saturated carbocycles. The standard InChI is InChI=1S/C11H19N3O2S/c1-5-7-14-8-6-12-10(14)13-9-11(2,3)17(4,15)16/h5-6,8H,1,7,9H2,2-4H3,(H,12,13). The Hall–Kier alpha value is -1.30. The highest BCUT2D eigenvalue weighted by Crippen LogP contribution is 2.16. The maximum atomic E-state index is 11.5. The number of hydrogen-bond donors (Lipinski definition) is 1. The van der Waals surface area contributed by atoms with Crippen LogP contribution in [0.4, 0.5) is 5.95 Å². The molecule has 0 saturated heterocycles. The minimum Gasteiger partial charge on any atom is -0.354 e. The fourth-order valence-electron chi connectivity index (χ4n) is 1.19. The number of sulfone groups is 1. The Balaban J connectivity index is 2.74. The Kier molecular flexibility index (Phi) is 3.98. The molecule has 1 rings (SSSR count). The average molecular weight is 257 g/mol. The van der Waals surface area contributed by atoms with Crippen molar-refractivity contribution < 1.29 is 8.42 Å². The normalized spacial score (nSPS) is 12.4. The number of imidazole rings is 1. The van der Waals surface area contributed by atoms with Crippen LogP contribution in [0.15, 0.2) is 25.0 Å². The summed E-state index contributed by atoms with van der Waals surface area (Å²) in [4.78, 5) is 4.13. The number of nitrogens with one attached hydrogen (secondary N) is 1. The van der Waals surface area contributed by atoms with Gasteiger partial charge in [0, 0.05) is 31.7 Å². The molecule has 0 aliphatic heterocycles. The lowest BCUT2D eigenvalue weighted by molar-refractivity contribution is 0.559. The second-order valence-electron chi connectivity index (χ2n) is 4.58. The predicted octanol–water partition coefficient (Wildman–Crippen LogP) is 1.30. The molecule has 17 heavy (non-hydrogen) atoms. The number of hydrogen-bond acceptors (Lipinski definition) is 4. The third kappa shape index (κ3) is 3.33. The molecule has 0 aromatic carbocycles. The first-order valence-corrected chi connectivity index (χ1v) is 7.22. The molecular formula is C11H19N3O2S. The van der Waals surface area contributed by atoms with E-state index in [0.29, 0.717) is 19.0 Å². The molecular weight excluding hydrogens is 238 g/mol. The van der Waals surface area contributed by atoms with Gasteiger partial charge in [0.15, 0.2) is 9.84 Å². The van der Waals surface area contributed by atoms with E-state index in [1.54, 1.807) is 26.1 Å². The first-order valence-electron chi connectivity index (χ1n) is 5.33. The number of anilines is 1. The zero-order chi connectivity index (χ0) is 13.1. The van der Waals surface area contributed by atoms with Gasteiger partial charge in [0.2, 0.25) is 5.95 Å². The summed E-state index contributed by atoms with van der Waals surface area (Å²) in [6.45, 7) is 7.99. The predicted molar refractivity (Wildman–Crippen MR) is 69.8 cm³/mol. The Morgan fingerprint density at radius 1 is 1.59 bits per heavy atom. The van der Waals surface area contributed by atoms with Gasteiger partial charge in [-0.3, -0.25) is 0 Å². The van der Waals surface area contributed by atoms with E-state index in [4.69, 9.17) is 0 Å². The van der Waals surface area contributed by atoms with Crippen LogP contribution in [-0.2, 0) is 16.4 Å². The van der Waals surface area contributed by atoms with Gasteiger partial charge >= 0.3 is 0 Å². The molecule has 5 nitrogen and oxygen atoms in total. The second kappa shape index (κ2) is 4.91. The first kappa shape index (κ1) is 13.8. The number of aromatic nitrogens is 2. The molecule has 0 unspecified atom stereocenters. The summed E-state index contributed by atoms with van der Waals surface area (Å²) < 4.78 is 24.1. The van der Waals surface area contributed by atoms with Gasteiger partial charge in [-0.15, -0.1) is 6.58 Å². The van der Waals surface area contributed by atoms with Crippen LogP contribution in [0.5, 0.6) is 0 Å². The number of allylic oxidation sites excluding steroid dienone is 1. The smallest absolute Gasteiger partial charge is 0.203 e. The molecule has 0 atom stereocenters. The van der Waals surface area contributed by atoms with Gasteiger partial charge in [-0.2, -0.15) is 0 Å². The van der Waals surface area contributed by atoms with E-state index in [0.717, 1.165) is 0 Å². The average Bonchev–Trinajstić information content (AvgIpc) is 2.61. The summed E-state index contributed by atoms with van der Waals surface area (Å²) in [5, 5.41) is 3.05. The summed E-state index contributed by atoms with van der Waals surface area (Å²) in [5.41, 5.74) is 0.